The molecule has 0 spiro atoms. The fourth-order valence-electron chi connectivity index (χ4n) is 4.00. The van der Waals surface area contributed by atoms with Crippen molar-refractivity contribution in [2.45, 2.75) is 105 Å². The maximum absolute atomic E-state index is 2.43. The van der Waals surface area contributed by atoms with E-state index >= 15 is 0 Å². The van der Waals surface area contributed by atoms with Gasteiger partial charge in [-0.2, -0.15) is 0 Å². The van der Waals surface area contributed by atoms with Crippen molar-refractivity contribution in [3.63, 3.8) is 0 Å². The molecule has 0 unspecified atom stereocenters. The van der Waals surface area contributed by atoms with Crippen LogP contribution in [0.25, 0.3) is 11.1 Å². The first-order valence-electron chi connectivity index (χ1n) is 10.7. The van der Waals surface area contributed by atoms with E-state index in [0.717, 1.165) is 0 Å². The first-order valence-corrected chi connectivity index (χ1v) is 10.7. The van der Waals surface area contributed by atoms with Gasteiger partial charge in [-0.05, 0) is 55.0 Å². The minimum atomic E-state index is 0.122. The van der Waals surface area contributed by atoms with Crippen LogP contribution in [0, 0.1) is 0 Å². The number of hydrogen-bond donors (Lipinski definition) is 0. The van der Waals surface area contributed by atoms with Crippen molar-refractivity contribution in [1.82, 2.24) is 0 Å². The van der Waals surface area contributed by atoms with Crippen molar-refractivity contribution < 1.29 is 0 Å². The highest BCUT2D eigenvalue weighted by Crippen LogP contribution is 2.39. The highest BCUT2D eigenvalue weighted by molar-refractivity contribution is 5.68. The molecule has 0 aliphatic heterocycles. The summed E-state index contributed by atoms with van der Waals surface area (Å²) >= 11 is 0. The van der Waals surface area contributed by atoms with Gasteiger partial charge in [0, 0.05) is 0 Å². The minimum absolute atomic E-state index is 0.122. The smallest absolute Gasteiger partial charge is 0.0129 e. The largest absolute Gasteiger partial charge is 0.0576 e. The normalized spacial score (nSPS) is 13.7. The Labute approximate surface area is 174 Å². The lowest BCUT2D eigenvalue weighted by molar-refractivity contribution is 0.529. The summed E-state index contributed by atoms with van der Waals surface area (Å²) in [6, 6.07) is 14.2. The van der Waals surface area contributed by atoms with Crippen LogP contribution in [0.4, 0.5) is 0 Å². The Balaban J connectivity index is 2.72. The quantitative estimate of drug-likeness (QED) is 0.466. The second-order valence-electron chi connectivity index (χ2n) is 12.5. The van der Waals surface area contributed by atoms with E-state index in [1.165, 1.54) is 33.4 Å². The van der Waals surface area contributed by atoms with E-state index in [-0.39, 0.29) is 21.7 Å². The molecule has 0 fully saturated rings. The van der Waals surface area contributed by atoms with Crippen molar-refractivity contribution in [3.8, 4) is 11.1 Å². The van der Waals surface area contributed by atoms with E-state index in [1.54, 1.807) is 0 Å². The van der Waals surface area contributed by atoms with Gasteiger partial charge in [0.25, 0.3) is 0 Å². The van der Waals surface area contributed by atoms with Crippen LogP contribution in [0.2, 0.25) is 0 Å². The van der Waals surface area contributed by atoms with Gasteiger partial charge in [0.05, 0.1) is 0 Å². The standard InChI is InChI=1S/C28H42/c1-25(2,3)21-15-13-19(17-23(21)27(7,8)9)20-14-16-22(26(4,5)6)24(18-20)28(10,11)12/h13-18H,1-12H3. The molecule has 0 aliphatic carbocycles. The Morgan fingerprint density at radius 1 is 0.357 bits per heavy atom. The monoisotopic (exact) mass is 378 g/mol. The highest BCUT2D eigenvalue weighted by atomic mass is 14.3. The summed E-state index contributed by atoms with van der Waals surface area (Å²) in [5.74, 6) is 0. The molecule has 0 aromatic heterocycles. The molecule has 0 aliphatic rings. The molecule has 0 saturated heterocycles. The molecule has 0 amide bonds. The van der Waals surface area contributed by atoms with E-state index in [9.17, 15) is 0 Å². The zero-order valence-corrected chi connectivity index (χ0v) is 20.5. The van der Waals surface area contributed by atoms with Crippen molar-refractivity contribution in [2.24, 2.45) is 0 Å². The van der Waals surface area contributed by atoms with Gasteiger partial charge < -0.3 is 0 Å². The van der Waals surface area contributed by atoms with E-state index in [4.69, 9.17) is 0 Å². The molecular formula is C28H42. The third-order valence-electron chi connectivity index (χ3n) is 5.60. The predicted octanol–water partition coefficient (Wildman–Crippen LogP) is 8.54. The molecule has 0 heterocycles. The van der Waals surface area contributed by atoms with Crippen LogP contribution in [-0.4, -0.2) is 0 Å². The zero-order chi connectivity index (χ0) is 21.7. The summed E-state index contributed by atoms with van der Waals surface area (Å²) in [6.07, 6.45) is 0. The van der Waals surface area contributed by atoms with Crippen LogP contribution in [0.1, 0.15) is 105 Å². The van der Waals surface area contributed by atoms with Gasteiger partial charge in [-0.15, -0.1) is 0 Å². The van der Waals surface area contributed by atoms with Crippen LogP contribution in [0.3, 0.4) is 0 Å². The van der Waals surface area contributed by atoms with Gasteiger partial charge in [0.1, 0.15) is 0 Å². The van der Waals surface area contributed by atoms with E-state index in [2.05, 4.69) is 119 Å². The summed E-state index contributed by atoms with van der Waals surface area (Å²) < 4.78 is 0. The topological polar surface area (TPSA) is 0 Å². The van der Waals surface area contributed by atoms with Crippen LogP contribution in [-0.2, 0) is 21.7 Å². The molecular weight excluding hydrogens is 336 g/mol. The molecule has 0 N–H and O–H groups in total. The Kier molecular flexibility index (Phi) is 5.72. The Bertz CT molecular complexity index is 764. The van der Waals surface area contributed by atoms with Gasteiger partial charge >= 0.3 is 0 Å². The van der Waals surface area contributed by atoms with Crippen molar-refractivity contribution >= 4 is 0 Å². The molecule has 2 rings (SSSR count). The van der Waals surface area contributed by atoms with Gasteiger partial charge in [0.15, 0.2) is 0 Å². The molecule has 28 heavy (non-hydrogen) atoms. The summed E-state index contributed by atoms with van der Waals surface area (Å²) in [5, 5.41) is 0. The summed E-state index contributed by atoms with van der Waals surface area (Å²) in [4.78, 5) is 0. The maximum Gasteiger partial charge on any atom is -0.0129 e. The molecule has 2 aromatic carbocycles. The SMILES string of the molecule is CC(C)(C)c1ccc(-c2ccc(C(C)(C)C)c(C(C)(C)C)c2)cc1C(C)(C)C. The average molecular weight is 379 g/mol. The fraction of sp³-hybridized carbons (Fsp3) is 0.571. The maximum atomic E-state index is 2.43. The Morgan fingerprint density at radius 2 is 0.607 bits per heavy atom. The molecule has 154 valence electrons. The van der Waals surface area contributed by atoms with Crippen molar-refractivity contribution in [2.75, 3.05) is 0 Å². The van der Waals surface area contributed by atoms with Gasteiger partial charge in [-0.1, -0.05) is 119 Å². The zero-order valence-electron chi connectivity index (χ0n) is 20.5. The second kappa shape index (κ2) is 7.05. The first kappa shape index (κ1) is 22.7. The lowest BCUT2D eigenvalue weighted by atomic mass is 9.73. The molecule has 0 atom stereocenters. The minimum Gasteiger partial charge on any atom is -0.0576 e. The third kappa shape index (κ3) is 4.88. The van der Waals surface area contributed by atoms with E-state index in [1.807, 2.05) is 0 Å². The number of rotatable bonds is 1. The van der Waals surface area contributed by atoms with Gasteiger partial charge in [-0.3, -0.25) is 0 Å². The van der Waals surface area contributed by atoms with Crippen LogP contribution in [0.5, 0.6) is 0 Å². The van der Waals surface area contributed by atoms with E-state index < -0.39 is 0 Å². The van der Waals surface area contributed by atoms with Crippen molar-refractivity contribution in [1.29, 1.82) is 0 Å². The molecule has 0 heteroatoms. The Hall–Kier alpha value is -1.56. The summed E-state index contributed by atoms with van der Waals surface area (Å²) in [7, 11) is 0. The van der Waals surface area contributed by atoms with Crippen LogP contribution >= 0.6 is 0 Å². The summed E-state index contributed by atoms with van der Waals surface area (Å²) in [5.41, 5.74) is 8.99. The van der Waals surface area contributed by atoms with Gasteiger partial charge in [-0.25, -0.2) is 0 Å². The number of benzene rings is 2. The lowest BCUT2D eigenvalue weighted by Crippen LogP contribution is -2.22. The molecule has 0 bridgehead atoms. The predicted molar refractivity (Wildman–Crippen MR) is 127 cm³/mol. The van der Waals surface area contributed by atoms with Gasteiger partial charge in [0.2, 0.25) is 0 Å². The van der Waals surface area contributed by atoms with Crippen LogP contribution in [0.15, 0.2) is 36.4 Å². The molecule has 0 radical (unpaired) electrons. The Morgan fingerprint density at radius 3 is 0.821 bits per heavy atom. The summed E-state index contributed by atoms with van der Waals surface area (Å²) in [6.45, 7) is 27.8. The lowest BCUT2D eigenvalue weighted by Gasteiger charge is -2.32. The second-order valence-corrected chi connectivity index (χ2v) is 12.5. The van der Waals surface area contributed by atoms with Crippen molar-refractivity contribution in [3.05, 3.63) is 58.7 Å². The first-order chi connectivity index (χ1) is 12.4. The molecule has 0 nitrogen and oxygen atoms in total. The third-order valence-corrected chi connectivity index (χ3v) is 5.60. The average Bonchev–Trinajstić information content (AvgIpc) is 2.50. The van der Waals surface area contributed by atoms with E-state index in [0.29, 0.717) is 0 Å². The van der Waals surface area contributed by atoms with Crippen LogP contribution < -0.4 is 0 Å². The fourth-order valence-corrected chi connectivity index (χ4v) is 4.00. The number of hydrogen-bond acceptors (Lipinski definition) is 0. The molecule has 0 saturated carbocycles. The highest BCUT2D eigenvalue weighted by Gasteiger charge is 2.27. The molecule has 2 aromatic rings.